The maximum Gasteiger partial charge on any atom is 0.263 e. The van der Waals surface area contributed by atoms with Crippen LogP contribution in [0.4, 0.5) is 4.39 Å². The van der Waals surface area contributed by atoms with Crippen molar-refractivity contribution in [3.8, 4) is 16.9 Å². The predicted molar refractivity (Wildman–Crippen MR) is 124 cm³/mol. The van der Waals surface area contributed by atoms with Crippen molar-refractivity contribution in [1.82, 2.24) is 10.8 Å². The van der Waals surface area contributed by atoms with E-state index < -0.39 is 26.5 Å². The van der Waals surface area contributed by atoms with Crippen LogP contribution in [0.3, 0.4) is 0 Å². The quantitative estimate of drug-likeness (QED) is 0.352. The molecule has 0 unspecified atom stereocenters. The third kappa shape index (κ3) is 4.81. The predicted octanol–water partition coefficient (Wildman–Crippen LogP) is 3.95. The van der Waals surface area contributed by atoms with Crippen molar-refractivity contribution in [2.24, 2.45) is 0 Å². The molecule has 0 spiro atoms. The molecule has 2 aromatic rings. The molecule has 0 bridgehead atoms. The molecule has 0 radical (unpaired) electrons. The zero-order valence-electron chi connectivity index (χ0n) is 16.8. The molecule has 0 atom stereocenters. The molecular formula is C22H26ClFN2O3S. The number of carbonyl (C=O) groups is 1. The van der Waals surface area contributed by atoms with Crippen molar-refractivity contribution in [3.05, 3.63) is 52.8 Å². The fourth-order valence-electron chi connectivity index (χ4n) is 3.60. The Hall–Kier alpha value is -2.06. The summed E-state index contributed by atoms with van der Waals surface area (Å²) in [4.78, 5) is 12.4. The first-order chi connectivity index (χ1) is 14.2. The molecule has 30 heavy (non-hydrogen) atoms. The van der Waals surface area contributed by atoms with Gasteiger partial charge in [0.1, 0.15) is 17.1 Å². The van der Waals surface area contributed by atoms with Gasteiger partial charge in [0, 0.05) is 28.8 Å². The molecule has 1 heterocycles. The van der Waals surface area contributed by atoms with Gasteiger partial charge in [-0.1, -0.05) is 35.5 Å². The summed E-state index contributed by atoms with van der Waals surface area (Å²) in [6.07, 6.45) is 1.09. The Balaban J connectivity index is 1.79. The van der Waals surface area contributed by atoms with E-state index in [1.54, 1.807) is 29.7 Å². The van der Waals surface area contributed by atoms with Crippen molar-refractivity contribution >= 4 is 38.5 Å². The van der Waals surface area contributed by atoms with Crippen LogP contribution in [0, 0.1) is 5.82 Å². The number of hydrogen-bond acceptors (Lipinski definition) is 4. The van der Waals surface area contributed by atoms with Gasteiger partial charge in [-0.2, -0.15) is 0 Å². The Kier molecular flexibility index (Phi) is 6.77. The highest BCUT2D eigenvalue weighted by molar-refractivity contribution is 8.27. The number of hydroxylamine groups is 1. The summed E-state index contributed by atoms with van der Waals surface area (Å²) >= 11 is 6.43. The van der Waals surface area contributed by atoms with E-state index in [2.05, 4.69) is 17.1 Å². The number of benzene rings is 2. The number of carbonyl (C=O) groups excluding carboxylic acids is 1. The Morgan fingerprint density at radius 2 is 1.90 bits per heavy atom. The van der Waals surface area contributed by atoms with Gasteiger partial charge in [0.2, 0.25) is 0 Å². The first kappa shape index (κ1) is 22.6. The van der Waals surface area contributed by atoms with Crippen LogP contribution in [0.5, 0.6) is 5.75 Å². The van der Waals surface area contributed by atoms with Crippen molar-refractivity contribution in [1.29, 1.82) is 0 Å². The Morgan fingerprint density at radius 3 is 2.47 bits per heavy atom. The minimum absolute atomic E-state index is 0.370. The highest BCUT2D eigenvalue weighted by Crippen LogP contribution is 2.36. The molecule has 1 fully saturated rings. The number of halogens is 2. The fraction of sp³-hybridized carbons (Fsp3) is 0.318. The second-order valence-corrected chi connectivity index (χ2v) is 11.3. The number of hydrogen-bond donors (Lipinski definition) is 3. The fourth-order valence-corrected chi connectivity index (χ4v) is 5.67. The van der Waals surface area contributed by atoms with Gasteiger partial charge in [0.05, 0.1) is 7.11 Å². The SMILES string of the molecule is C=S1(=C)CCC(NCc2ccc(-c3ccc(OC)cc3F)c(Cl)c2)(C(=O)NO)CC1. The zero-order valence-corrected chi connectivity index (χ0v) is 18.4. The molecular weight excluding hydrogens is 427 g/mol. The Labute approximate surface area is 181 Å². The van der Waals surface area contributed by atoms with E-state index in [0.29, 0.717) is 41.3 Å². The molecule has 0 aliphatic carbocycles. The lowest BCUT2D eigenvalue weighted by Gasteiger charge is -2.39. The monoisotopic (exact) mass is 452 g/mol. The summed E-state index contributed by atoms with van der Waals surface area (Å²) in [6.45, 7) is 0.370. The summed E-state index contributed by atoms with van der Waals surface area (Å²) in [5.41, 5.74) is 2.70. The normalized spacial score (nSPS) is 17.3. The Bertz CT molecular complexity index is 1040. The minimum Gasteiger partial charge on any atom is -0.497 e. The number of methoxy groups -OCH3 is 1. The first-order valence-electron chi connectivity index (χ1n) is 9.46. The average Bonchev–Trinajstić information content (AvgIpc) is 2.73. The third-order valence-electron chi connectivity index (χ3n) is 5.59. The molecule has 1 aliphatic rings. The standard InChI is InChI=1S/C22H26ClFN2O3S/c1-29-16-5-7-18(20(24)13-16)17-6-4-15(12-19(17)23)14-25-22(21(27)26-28)8-10-30(2,3)11-9-22/h4-7,12-13,25,28H,2-3,8-11,14H2,1H3,(H,26,27). The topological polar surface area (TPSA) is 70.6 Å². The van der Waals surface area contributed by atoms with Crippen LogP contribution in [-0.4, -0.2) is 47.0 Å². The summed E-state index contributed by atoms with van der Waals surface area (Å²) in [7, 11) is 0.283. The molecule has 1 amide bonds. The van der Waals surface area contributed by atoms with Crippen LogP contribution < -0.4 is 15.5 Å². The van der Waals surface area contributed by atoms with Crippen LogP contribution in [0.2, 0.25) is 5.02 Å². The van der Waals surface area contributed by atoms with E-state index >= 15 is 0 Å². The maximum absolute atomic E-state index is 14.4. The second-order valence-electron chi connectivity index (χ2n) is 7.67. The van der Waals surface area contributed by atoms with Crippen molar-refractivity contribution in [2.75, 3.05) is 18.6 Å². The molecule has 1 saturated heterocycles. The van der Waals surface area contributed by atoms with Crippen LogP contribution >= 0.6 is 20.8 Å². The van der Waals surface area contributed by atoms with Gasteiger partial charge in [-0.3, -0.25) is 15.3 Å². The van der Waals surface area contributed by atoms with E-state index in [0.717, 1.165) is 17.1 Å². The van der Waals surface area contributed by atoms with E-state index in [1.807, 2.05) is 6.07 Å². The molecule has 5 nitrogen and oxygen atoms in total. The van der Waals surface area contributed by atoms with Gasteiger partial charge < -0.3 is 4.74 Å². The van der Waals surface area contributed by atoms with E-state index in [9.17, 15) is 14.4 Å². The highest BCUT2D eigenvalue weighted by atomic mass is 35.5. The van der Waals surface area contributed by atoms with Gasteiger partial charge in [-0.25, -0.2) is 19.1 Å². The summed E-state index contributed by atoms with van der Waals surface area (Å²) in [6, 6.07) is 9.96. The maximum atomic E-state index is 14.4. The van der Waals surface area contributed by atoms with Crippen LogP contribution in [0.15, 0.2) is 36.4 Å². The number of nitrogens with one attached hydrogen (secondary N) is 2. The van der Waals surface area contributed by atoms with E-state index in [-0.39, 0.29) is 0 Å². The van der Waals surface area contributed by atoms with Gasteiger partial charge in [-0.05, 0) is 48.1 Å². The summed E-state index contributed by atoms with van der Waals surface area (Å²) in [5, 5.41) is 12.9. The molecule has 0 saturated carbocycles. The Morgan fingerprint density at radius 1 is 1.23 bits per heavy atom. The molecule has 1 aliphatic heterocycles. The molecule has 2 aromatic carbocycles. The number of ether oxygens (including phenoxy) is 1. The lowest BCUT2D eigenvalue weighted by atomic mass is 9.91. The van der Waals surface area contributed by atoms with Crippen LogP contribution in [-0.2, 0) is 11.3 Å². The summed E-state index contributed by atoms with van der Waals surface area (Å²) < 4.78 is 19.4. The van der Waals surface area contributed by atoms with Crippen molar-refractivity contribution < 1.29 is 19.1 Å². The highest BCUT2D eigenvalue weighted by Gasteiger charge is 2.40. The van der Waals surface area contributed by atoms with E-state index in [1.165, 1.54) is 13.2 Å². The molecule has 8 heteroatoms. The van der Waals surface area contributed by atoms with Crippen LogP contribution in [0.1, 0.15) is 18.4 Å². The first-order valence-corrected chi connectivity index (χ1v) is 12.2. The number of amides is 1. The average molecular weight is 453 g/mol. The largest absolute Gasteiger partial charge is 0.497 e. The van der Waals surface area contributed by atoms with Gasteiger partial charge in [0.15, 0.2) is 0 Å². The van der Waals surface area contributed by atoms with Gasteiger partial charge >= 0.3 is 0 Å². The molecule has 0 aromatic heterocycles. The zero-order chi connectivity index (χ0) is 21.9. The number of rotatable bonds is 6. The molecule has 3 rings (SSSR count). The second kappa shape index (κ2) is 8.98. The van der Waals surface area contributed by atoms with Gasteiger partial charge in [-0.15, -0.1) is 0 Å². The van der Waals surface area contributed by atoms with Crippen molar-refractivity contribution in [2.45, 2.75) is 24.9 Å². The molecule has 3 N–H and O–H groups in total. The summed E-state index contributed by atoms with van der Waals surface area (Å²) in [5.74, 6) is 9.36. The lowest BCUT2D eigenvalue weighted by molar-refractivity contribution is -0.136. The lowest BCUT2D eigenvalue weighted by Crippen LogP contribution is -2.58. The smallest absolute Gasteiger partial charge is 0.263 e. The van der Waals surface area contributed by atoms with Crippen LogP contribution in [0.25, 0.3) is 11.1 Å². The van der Waals surface area contributed by atoms with E-state index in [4.69, 9.17) is 16.3 Å². The van der Waals surface area contributed by atoms with Crippen molar-refractivity contribution in [3.63, 3.8) is 0 Å². The molecule has 162 valence electrons. The third-order valence-corrected chi connectivity index (χ3v) is 8.04. The van der Waals surface area contributed by atoms with Gasteiger partial charge in [0.25, 0.3) is 5.91 Å². The minimum atomic E-state index is -1.20.